The first-order chi connectivity index (χ1) is 13.7. The fourth-order valence-corrected chi connectivity index (χ4v) is 5.17. The van der Waals surface area contributed by atoms with Crippen LogP contribution in [0.25, 0.3) is 0 Å². The second-order valence-electron chi connectivity index (χ2n) is 6.32. The molecule has 3 atom stereocenters. The van der Waals surface area contributed by atoms with Crippen molar-refractivity contribution in [1.29, 1.82) is 0 Å². The summed E-state index contributed by atoms with van der Waals surface area (Å²) in [5, 5.41) is 6.76. The molecule has 3 N–H and O–H groups in total. The summed E-state index contributed by atoms with van der Waals surface area (Å²) in [7, 11) is 0. The van der Waals surface area contributed by atoms with Gasteiger partial charge in [0.2, 0.25) is 5.91 Å². The van der Waals surface area contributed by atoms with Crippen molar-refractivity contribution in [3.63, 3.8) is 0 Å². The van der Waals surface area contributed by atoms with Crippen LogP contribution in [0.1, 0.15) is 12.8 Å². The van der Waals surface area contributed by atoms with E-state index >= 15 is 0 Å². The molecule has 1 aromatic rings. The van der Waals surface area contributed by atoms with Crippen LogP contribution >= 0.6 is 23.5 Å². The Morgan fingerprint density at radius 2 is 1.97 bits per heavy atom. The zero-order valence-corrected chi connectivity index (χ0v) is 16.6. The first-order valence-electron chi connectivity index (χ1n) is 8.71. The van der Waals surface area contributed by atoms with Crippen molar-refractivity contribution in [1.82, 2.24) is 10.6 Å². The maximum atomic E-state index is 12.6. The number of imide groups is 1. The smallest absolute Gasteiger partial charge is 0.413 e. The van der Waals surface area contributed by atoms with E-state index in [1.807, 2.05) is 29.6 Å². The highest BCUT2D eigenvalue weighted by molar-refractivity contribution is 8.01. The van der Waals surface area contributed by atoms with Gasteiger partial charge in [-0.1, -0.05) is 23.9 Å². The van der Waals surface area contributed by atoms with Gasteiger partial charge in [-0.25, -0.2) is 4.79 Å². The second-order valence-corrected chi connectivity index (χ2v) is 8.72. The Balaban J connectivity index is 1.47. The van der Waals surface area contributed by atoms with Gasteiger partial charge in [0.25, 0.3) is 5.91 Å². The Labute approximate surface area is 172 Å². The number of ether oxygens (including phenoxy) is 1. The fourth-order valence-electron chi connectivity index (χ4n) is 2.81. The number of alkyl halides is 3. The largest absolute Gasteiger partial charge is 0.449 e. The van der Waals surface area contributed by atoms with Crippen LogP contribution in [0.5, 0.6) is 0 Å². The number of anilines is 1. The van der Waals surface area contributed by atoms with E-state index in [2.05, 4.69) is 15.4 Å². The highest BCUT2D eigenvalue weighted by Crippen LogP contribution is 2.38. The molecule has 0 saturated carbocycles. The number of nitrogens with one attached hydrogen (secondary N) is 3. The van der Waals surface area contributed by atoms with E-state index in [-0.39, 0.29) is 5.91 Å². The predicted octanol–water partition coefficient (Wildman–Crippen LogP) is 2.93. The summed E-state index contributed by atoms with van der Waals surface area (Å²) < 4.78 is 40.6. The van der Waals surface area contributed by atoms with Crippen molar-refractivity contribution >= 4 is 47.1 Å². The van der Waals surface area contributed by atoms with E-state index in [0.717, 1.165) is 10.6 Å². The third-order valence-electron chi connectivity index (χ3n) is 4.21. The van der Waals surface area contributed by atoms with Crippen LogP contribution in [0.3, 0.4) is 0 Å². The van der Waals surface area contributed by atoms with Crippen LogP contribution in [-0.4, -0.2) is 47.2 Å². The van der Waals surface area contributed by atoms with Crippen LogP contribution in [0, 0.1) is 5.92 Å². The van der Waals surface area contributed by atoms with Crippen LogP contribution in [0.2, 0.25) is 0 Å². The van der Waals surface area contributed by atoms with Crippen LogP contribution in [0.15, 0.2) is 29.2 Å². The van der Waals surface area contributed by atoms with Crippen molar-refractivity contribution in [3.05, 3.63) is 24.3 Å². The van der Waals surface area contributed by atoms with Crippen molar-refractivity contribution in [3.8, 4) is 0 Å². The summed E-state index contributed by atoms with van der Waals surface area (Å²) in [6.07, 6.45) is -6.55. The summed E-state index contributed by atoms with van der Waals surface area (Å²) in [6, 6.07) is 7.48. The molecule has 29 heavy (non-hydrogen) atoms. The topological polar surface area (TPSA) is 96.5 Å². The lowest BCUT2D eigenvalue weighted by atomic mass is 10.1. The molecule has 12 heteroatoms. The van der Waals surface area contributed by atoms with Crippen molar-refractivity contribution in [2.45, 2.75) is 34.7 Å². The molecule has 3 unspecified atom stereocenters. The lowest BCUT2D eigenvalue weighted by molar-refractivity contribution is -0.141. The standard InChI is InChI=1S/C17H18F3N3O4S2/c18-17(19,20)6-7-27-16(26)23-12(24)9-5-8-28-14(9)22-13(25)15-21-10-3-1-2-4-11(10)29-15/h1-4,9,14-15,21H,5-8H2,(H,22,25)(H,23,24,26). The molecule has 1 fully saturated rings. The summed E-state index contributed by atoms with van der Waals surface area (Å²) in [6.45, 7) is -0.868. The van der Waals surface area contributed by atoms with Crippen molar-refractivity contribution in [2.75, 3.05) is 17.7 Å². The van der Waals surface area contributed by atoms with E-state index in [9.17, 15) is 27.6 Å². The van der Waals surface area contributed by atoms with E-state index in [1.54, 1.807) is 0 Å². The second kappa shape index (κ2) is 9.16. The number of amides is 3. The lowest BCUT2D eigenvalue weighted by Crippen LogP contribution is -2.47. The molecule has 158 valence electrons. The minimum Gasteiger partial charge on any atom is -0.449 e. The van der Waals surface area contributed by atoms with Gasteiger partial charge in [-0.3, -0.25) is 14.9 Å². The number of fused-ring (bicyclic) bond motifs is 1. The number of halogens is 3. The minimum atomic E-state index is -4.45. The highest BCUT2D eigenvalue weighted by Gasteiger charge is 2.38. The van der Waals surface area contributed by atoms with E-state index < -0.39 is 47.9 Å². The predicted molar refractivity (Wildman–Crippen MR) is 102 cm³/mol. The number of carbonyl (C=O) groups is 3. The van der Waals surface area contributed by atoms with Crippen LogP contribution in [0.4, 0.5) is 23.7 Å². The molecular weight excluding hydrogens is 431 g/mol. The van der Waals surface area contributed by atoms with Crippen molar-refractivity contribution < 1.29 is 32.3 Å². The first-order valence-corrected chi connectivity index (χ1v) is 10.6. The van der Waals surface area contributed by atoms with Gasteiger partial charge in [0.05, 0.1) is 17.7 Å². The number of carbonyl (C=O) groups excluding carboxylic acids is 3. The number of hydrogen-bond acceptors (Lipinski definition) is 7. The monoisotopic (exact) mass is 449 g/mol. The van der Waals surface area contributed by atoms with Gasteiger partial charge in [-0.15, -0.1) is 11.8 Å². The quantitative estimate of drug-likeness (QED) is 0.636. The molecule has 3 amide bonds. The normalized spacial score (nSPS) is 23.1. The SMILES string of the molecule is O=C(NC(=O)C1CCSC1NC(=O)C1Nc2ccccc2S1)OCCC(F)(F)F. The summed E-state index contributed by atoms with van der Waals surface area (Å²) in [5.41, 5.74) is 0.854. The average molecular weight is 449 g/mol. The molecule has 0 bridgehead atoms. The number of para-hydroxylation sites is 1. The maximum absolute atomic E-state index is 12.6. The van der Waals surface area contributed by atoms with Gasteiger partial charge < -0.3 is 15.4 Å². The molecule has 0 radical (unpaired) electrons. The molecule has 0 aromatic heterocycles. The van der Waals surface area contributed by atoms with Crippen molar-refractivity contribution in [2.24, 2.45) is 5.92 Å². The number of thioether (sulfide) groups is 2. The van der Waals surface area contributed by atoms with E-state index in [0.29, 0.717) is 12.2 Å². The Bertz CT molecular complexity index is 768. The molecule has 7 nitrogen and oxygen atoms in total. The Kier molecular flexibility index (Phi) is 6.83. The van der Waals surface area contributed by atoms with E-state index in [4.69, 9.17) is 0 Å². The number of hydrogen-bond donors (Lipinski definition) is 3. The zero-order valence-electron chi connectivity index (χ0n) is 15.0. The molecule has 2 heterocycles. The molecule has 0 spiro atoms. The fraction of sp³-hybridized carbons (Fsp3) is 0.471. The van der Waals surface area contributed by atoms with Crippen LogP contribution in [-0.2, 0) is 14.3 Å². The Hall–Kier alpha value is -2.08. The Morgan fingerprint density at radius 1 is 1.21 bits per heavy atom. The Morgan fingerprint density at radius 3 is 2.69 bits per heavy atom. The molecule has 1 aromatic carbocycles. The number of rotatable bonds is 5. The van der Waals surface area contributed by atoms with Gasteiger partial charge in [0, 0.05) is 10.6 Å². The zero-order chi connectivity index (χ0) is 21.0. The number of benzene rings is 1. The summed E-state index contributed by atoms with van der Waals surface area (Å²) in [4.78, 5) is 37.3. The third-order valence-corrected chi connectivity index (χ3v) is 6.67. The van der Waals surface area contributed by atoms with Crippen LogP contribution < -0.4 is 16.0 Å². The van der Waals surface area contributed by atoms with Gasteiger partial charge in [-0.05, 0) is 24.3 Å². The highest BCUT2D eigenvalue weighted by atomic mass is 32.2. The molecule has 1 saturated heterocycles. The molecule has 3 rings (SSSR count). The summed E-state index contributed by atoms with van der Waals surface area (Å²) in [5.74, 6) is -1.07. The average Bonchev–Trinajstić information content (AvgIpc) is 3.26. The van der Waals surface area contributed by atoms with Gasteiger partial charge >= 0.3 is 12.3 Å². The van der Waals surface area contributed by atoms with Gasteiger partial charge in [0.1, 0.15) is 6.61 Å². The first kappa shape index (κ1) is 21.6. The van der Waals surface area contributed by atoms with Gasteiger partial charge in [-0.2, -0.15) is 13.2 Å². The van der Waals surface area contributed by atoms with Gasteiger partial charge in [0.15, 0.2) is 5.37 Å². The molecule has 0 aliphatic carbocycles. The molecule has 2 aliphatic heterocycles. The minimum absolute atomic E-state index is 0.295. The summed E-state index contributed by atoms with van der Waals surface area (Å²) >= 11 is 2.73. The molecule has 2 aliphatic rings. The third kappa shape index (κ3) is 5.95. The molecular formula is C17H18F3N3O4S2. The number of alkyl carbamates (subject to hydrolysis) is 1. The van der Waals surface area contributed by atoms with E-state index in [1.165, 1.54) is 23.5 Å². The maximum Gasteiger partial charge on any atom is 0.413 e. The lowest BCUT2D eigenvalue weighted by Gasteiger charge is -2.21.